The van der Waals surface area contributed by atoms with Crippen molar-refractivity contribution in [1.82, 2.24) is 9.13 Å². The molecule has 0 aliphatic carbocycles. The minimum Gasteiger partial charge on any atom is -0.309 e. The summed E-state index contributed by atoms with van der Waals surface area (Å²) < 4.78 is 46.3. The van der Waals surface area contributed by atoms with Crippen LogP contribution in [0.25, 0.3) is 104 Å². The molecule has 9 aromatic carbocycles. The predicted molar refractivity (Wildman–Crippen MR) is 262 cm³/mol. The highest BCUT2D eigenvalue weighted by molar-refractivity contribution is 6.13. The Bertz CT molecular complexity index is 3950. The number of aromatic nitrogens is 2. The third kappa shape index (κ3) is 6.86. The van der Waals surface area contributed by atoms with Crippen LogP contribution in [0.3, 0.4) is 0 Å². The van der Waals surface area contributed by atoms with Crippen LogP contribution < -0.4 is 0 Å². The number of aryl methyl sites for hydroxylation is 1. The van der Waals surface area contributed by atoms with Crippen LogP contribution in [0.15, 0.2) is 188 Å². The highest BCUT2D eigenvalue weighted by Gasteiger charge is 2.31. The first kappa shape index (κ1) is 40.6. The predicted octanol–water partition coefficient (Wildman–Crippen LogP) is 16.2. The molecule has 0 atom stereocenters. The number of para-hydroxylation sites is 2. The van der Waals surface area contributed by atoms with Crippen LogP contribution in [0.2, 0.25) is 0 Å². The Labute approximate surface area is 383 Å². The molecule has 0 saturated heterocycles. The Morgan fingerprint density at radius 2 is 0.955 bits per heavy atom. The van der Waals surface area contributed by atoms with Gasteiger partial charge in [-0.05, 0) is 131 Å². The zero-order valence-electron chi connectivity index (χ0n) is 35.8. The van der Waals surface area contributed by atoms with E-state index >= 15 is 0 Å². The van der Waals surface area contributed by atoms with Gasteiger partial charge in [-0.25, -0.2) is 4.85 Å². The van der Waals surface area contributed by atoms with Crippen LogP contribution >= 0.6 is 0 Å². The second-order valence-corrected chi connectivity index (χ2v) is 16.6. The summed E-state index contributed by atoms with van der Waals surface area (Å²) in [6.45, 7) is 9.13. The van der Waals surface area contributed by atoms with Crippen LogP contribution in [-0.4, -0.2) is 9.13 Å². The Kier molecular flexibility index (Phi) is 9.59. The summed E-state index contributed by atoms with van der Waals surface area (Å²) in [7, 11) is 0. The SMILES string of the molecule is [C-]#[N+]c1ccc(-c2ccc3c(c2)c2ccccc2n3-c2ccc(C#N)cc2-c2ccc(-c3ccc(C(F)(F)F)cc3C)cc2-n2c3ccccc3c3cc(-c4ccc(C#N)cc4)ccc32)cc1. The van der Waals surface area contributed by atoms with Crippen molar-refractivity contribution in [1.29, 1.82) is 10.5 Å². The van der Waals surface area contributed by atoms with Crippen molar-refractivity contribution >= 4 is 49.3 Å². The zero-order valence-corrected chi connectivity index (χ0v) is 35.8. The van der Waals surface area contributed by atoms with Gasteiger partial charge in [-0.15, -0.1) is 0 Å². The summed E-state index contributed by atoms with van der Waals surface area (Å²) in [5.74, 6) is 0. The van der Waals surface area contributed by atoms with Crippen molar-refractivity contribution in [3.05, 3.63) is 222 Å². The Hall–Kier alpha value is -9.16. The van der Waals surface area contributed by atoms with Gasteiger partial charge in [0.05, 0.1) is 68.8 Å². The van der Waals surface area contributed by atoms with E-state index in [0.29, 0.717) is 27.9 Å². The number of hydrogen-bond acceptors (Lipinski definition) is 2. The maximum atomic E-state index is 13.9. The summed E-state index contributed by atoms with van der Waals surface area (Å²) >= 11 is 0. The van der Waals surface area contributed by atoms with Gasteiger partial charge in [-0.1, -0.05) is 103 Å². The maximum absolute atomic E-state index is 13.9. The van der Waals surface area contributed by atoms with E-state index < -0.39 is 11.7 Å². The summed E-state index contributed by atoms with van der Waals surface area (Å²) in [5, 5.41) is 24.0. The summed E-state index contributed by atoms with van der Waals surface area (Å²) in [5.41, 5.74) is 13.7. The molecule has 0 N–H and O–H groups in total. The molecule has 2 aromatic heterocycles. The molecule has 0 fully saturated rings. The fourth-order valence-electron chi connectivity index (χ4n) is 9.58. The molecule has 0 spiro atoms. The number of nitriles is 2. The van der Waals surface area contributed by atoms with Crippen molar-refractivity contribution in [3.8, 4) is 68.0 Å². The van der Waals surface area contributed by atoms with E-state index in [9.17, 15) is 23.7 Å². The first-order valence-corrected chi connectivity index (χ1v) is 21.5. The topological polar surface area (TPSA) is 61.8 Å². The van der Waals surface area contributed by atoms with E-state index in [-0.39, 0.29) is 0 Å². The maximum Gasteiger partial charge on any atom is 0.416 e. The van der Waals surface area contributed by atoms with E-state index in [4.69, 9.17) is 6.57 Å². The molecule has 0 bridgehead atoms. The number of halogens is 3. The van der Waals surface area contributed by atoms with Gasteiger partial charge >= 0.3 is 6.18 Å². The highest BCUT2D eigenvalue weighted by Crippen LogP contribution is 2.44. The highest BCUT2D eigenvalue weighted by atomic mass is 19.4. The van der Waals surface area contributed by atoms with Crippen molar-refractivity contribution < 1.29 is 13.2 Å². The second-order valence-electron chi connectivity index (χ2n) is 16.6. The third-order valence-electron chi connectivity index (χ3n) is 12.8. The van der Waals surface area contributed by atoms with Crippen molar-refractivity contribution in [2.24, 2.45) is 0 Å². The molecule has 8 heteroatoms. The molecule has 0 aliphatic rings. The first-order valence-electron chi connectivity index (χ1n) is 21.5. The van der Waals surface area contributed by atoms with E-state index in [1.165, 1.54) is 6.07 Å². The lowest BCUT2D eigenvalue weighted by Crippen LogP contribution is -2.05. The summed E-state index contributed by atoms with van der Waals surface area (Å²) in [4.78, 5) is 3.57. The lowest BCUT2D eigenvalue weighted by molar-refractivity contribution is -0.137. The van der Waals surface area contributed by atoms with Crippen LogP contribution in [0.4, 0.5) is 18.9 Å². The number of hydrogen-bond donors (Lipinski definition) is 0. The third-order valence-corrected chi connectivity index (χ3v) is 12.8. The van der Waals surface area contributed by atoms with Gasteiger partial charge in [-0.2, -0.15) is 23.7 Å². The van der Waals surface area contributed by atoms with Crippen molar-refractivity contribution in [2.45, 2.75) is 13.1 Å². The van der Waals surface area contributed by atoms with Gasteiger partial charge in [-0.3, -0.25) is 0 Å². The van der Waals surface area contributed by atoms with Crippen LogP contribution in [0.1, 0.15) is 22.3 Å². The van der Waals surface area contributed by atoms with Gasteiger partial charge in [0.25, 0.3) is 0 Å². The molecule has 0 saturated carbocycles. The van der Waals surface area contributed by atoms with Gasteiger partial charge < -0.3 is 9.13 Å². The lowest BCUT2D eigenvalue weighted by atomic mass is 9.93. The number of rotatable bonds is 6. The molecular weight excluding hydrogens is 836 g/mol. The normalized spacial score (nSPS) is 11.5. The van der Waals surface area contributed by atoms with E-state index in [1.807, 2.05) is 109 Å². The molecule has 2 heterocycles. The fourth-order valence-corrected chi connectivity index (χ4v) is 9.58. The molecule has 0 aliphatic heterocycles. The molecule has 67 heavy (non-hydrogen) atoms. The second kappa shape index (κ2) is 15.8. The van der Waals surface area contributed by atoms with E-state index in [2.05, 4.69) is 86.8 Å². The Morgan fingerprint density at radius 3 is 1.52 bits per heavy atom. The summed E-state index contributed by atoms with van der Waals surface area (Å²) in [6.07, 6.45) is -4.49. The van der Waals surface area contributed by atoms with Crippen LogP contribution in [0, 0.1) is 36.2 Å². The zero-order chi connectivity index (χ0) is 46.0. The monoisotopic (exact) mass is 869 g/mol. The minimum atomic E-state index is -4.49. The molecule has 5 nitrogen and oxygen atoms in total. The molecule has 0 amide bonds. The van der Waals surface area contributed by atoms with E-state index in [0.717, 1.165) is 100.0 Å². The first-order chi connectivity index (χ1) is 32.6. The molecule has 0 radical (unpaired) electrons. The molecule has 11 rings (SSSR count). The van der Waals surface area contributed by atoms with Crippen molar-refractivity contribution in [2.75, 3.05) is 0 Å². The number of fused-ring (bicyclic) bond motifs is 6. The quantitative estimate of drug-likeness (QED) is 0.156. The van der Waals surface area contributed by atoms with Gasteiger partial charge in [0, 0.05) is 32.7 Å². The standard InChI is InChI=1S/C59H34F3N5/c1-36-29-44(59(60,61)62)21-25-46(36)43-18-24-49(58(33-43)67-54-10-6-4-8-48(54)52-31-41(20-28-57(52)67)39-14-11-37(34-63)12-15-39)50-30-38(35-64)13-26-55(50)66-53-9-5-3-7-47(53)51-32-42(19-27-56(51)66)40-16-22-45(65-2)23-17-40/h3-33H,1H3. The number of benzene rings is 9. The van der Waals surface area contributed by atoms with Gasteiger partial charge in [0.2, 0.25) is 0 Å². The summed E-state index contributed by atoms with van der Waals surface area (Å²) in [6, 6.07) is 64.4. The van der Waals surface area contributed by atoms with Crippen LogP contribution in [-0.2, 0) is 6.18 Å². The Morgan fingerprint density at radius 1 is 0.448 bits per heavy atom. The van der Waals surface area contributed by atoms with Gasteiger partial charge in [0.1, 0.15) is 0 Å². The molecule has 316 valence electrons. The number of nitrogens with zero attached hydrogens (tertiary/aromatic N) is 5. The number of alkyl halides is 3. The molecule has 11 aromatic rings. The van der Waals surface area contributed by atoms with Gasteiger partial charge in [0.15, 0.2) is 5.69 Å². The molecular formula is C59H34F3N5. The largest absolute Gasteiger partial charge is 0.416 e. The van der Waals surface area contributed by atoms with Crippen LogP contribution in [0.5, 0.6) is 0 Å². The average molecular weight is 870 g/mol. The average Bonchev–Trinajstić information content (AvgIpc) is 3.87. The Balaban J connectivity index is 1.19. The van der Waals surface area contributed by atoms with E-state index in [1.54, 1.807) is 13.0 Å². The van der Waals surface area contributed by atoms with Crippen molar-refractivity contribution in [3.63, 3.8) is 0 Å². The fraction of sp³-hybridized carbons (Fsp3) is 0.0339. The molecule has 0 unspecified atom stereocenters. The minimum absolute atomic E-state index is 0.465. The lowest BCUT2D eigenvalue weighted by Gasteiger charge is -2.20. The smallest absolute Gasteiger partial charge is 0.309 e.